The van der Waals surface area contributed by atoms with Crippen molar-refractivity contribution >= 4 is 33.3 Å². The van der Waals surface area contributed by atoms with E-state index in [2.05, 4.69) is 57.3 Å². The number of ketones is 1. The Labute approximate surface area is 386 Å². The Kier molecular flexibility index (Phi) is 13.9. The van der Waals surface area contributed by atoms with Gasteiger partial charge in [0.25, 0.3) is 0 Å². The van der Waals surface area contributed by atoms with Gasteiger partial charge in [-0.15, -0.1) is 0 Å². The van der Waals surface area contributed by atoms with Crippen molar-refractivity contribution in [3.05, 3.63) is 41.5 Å². The highest BCUT2D eigenvalue weighted by molar-refractivity contribution is 8.76. The molecule has 8 N–H and O–H groups in total. The first-order valence-corrected chi connectivity index (χ1v) is 27.3. The number of nitrogens with two attached hydrogens (primary N) is 2. The normalized spacial score (nSPS) is 42.8. The lowest BCUT2D eigenvalue weighted by molar-refractivity contribution is -0.174. The quantitative estimate of drug-likeness (QED) is 0.0670. The van der Waals surface area contributed by atoms with E-state index in [-0.39, 0.29) is 59.2 Å². The first-order valence-electron chi connectivity index (χ1n) is 24.9. The number of guanidine groups is 1. The Hall–Kier alpha value is -1.83. The third-order valence-corrected chi connectivity index (χ3v) is 21.3. The van der Waals surface area contributed by atoms with Crippen molar-refractivity contribution in [3.8, 4) is 0 Å². The van der Waals surface area contributed by atoms with Crippen molar-refractivity contribution in [2.45, 2.75) is 181 Å². The van der Waals surface area contributed by atoms with E-state index in [0.717, 1.165) is 56.3 Å². The van der Waals surface area contributed by atoms with Crippen molar-refractivity contribution in [2.75, 3.05) is 18.1 Å². The average Bonchev–Trinajstić information content (AvgIpc) is 3.97. The number of rotatable bonds is 7. The number of carbonyl (C=O) groups is 1. The van der Waals surface area contributed by atoms with Gasteiger partial charge in [-0.2, -0.15) is 0 Å². The van der Waals surface area contributed by atoms with Crippen LogP contribution in [-0.2, 0) is 4.79 Å². The Morgan fingerprint density at radius 2 is 1.71 bits per heavy atom. The molecule has 13 atom stereocenters. The summed E-state index contributed by atoms with van der Waals surface area (Å²) >= 11 is 0. The lowest BCUT2D eigenvalue weighted by Crippen LogP contribution is -2.66. The van der Waals surface area contributed by atoms with E-state index in [4.69, 9.17) is 16.5 Å². The zero-order chi connectivity index (χ0) is 45.1. The molecule has 352 valence electrons. The number of hydrogen-bond acceptors (Lipinski definition) is 9. The number of fused-ring (bicyclic) bond motifs is 9. The van der Waals surface area contributed by atoms with Crippen LogP contribution in [0.2, 0.25) is 0 Å². The number of carbonyl (C=O) groups excluding carboxylic acids is 1. The molecule has 0 radical (unpaired) electrons. The molecular formula is C51H81N5O5S2. The predicted octanol–water partition coefficient (Wildman–Crippen LogP) is 8.79. The van der Waals surface area contributed by atoms with Crippen LogP contribution in [0, 0.1) is 63.1 Å². The van der Waals surface area contributed by atoms with Gasteiger partial charge >= 0.3 is 0 Å². The smallest absolute Gasteiger partial charge is 0.185 e. The van der Waals surface area contributed by atoms with Crippen LogP contribution in [-0.4, -0.2) is 83.7 Å². The highest BCUT2D eigenvalue weighted by Gasteiger charge is 2.72. The number of aliphatic imine (C=N–C) groups is 1. The zero-order valence-electron chi connectivity index (χ0n) is 39.3. The van der Waals surface area contributed by atoms with Gasteiger partial charge in [0.1, 0.15) is 0 Å². The number of aromatic nitrogens is 2. The summed E-state index contributed by atoms with van der Waals surface area (Å²) in [4.78, 5) is 24.0. The SMILES string of the molecule is CC(C)CCC[C@]12C[C@H](O)[C@H](O)C[C@H]1C(=O)C=C1[C@@H]2[C@H](CN=C(N)N)C[C@]2(C)[C@@H]3C[C@H](CSSC[C@H](n4ccnc4)CC(C)(C)/C(=C4\CCCC5(CCCC5)C4)C[C@@H](O)[C@H]3C)[C@@]12O. The Morgan fingerprint density at radius 3 is 2.41 bits per heavy atom. The molecule has 1 aromatic rings. The van der Waals surface area contributed by atoms with E-state index >= 15 is 0 Å². The Bertz CT molecular complexity index is 1890. The second kappa shape index (κ2) is 18.3. The van der Waals surface area contributed by atoms with Crippen LogP contribution in [0.15, 0.2) is 46.5 Å². The Morgan fingerprint density at radius 1 is 0.984 bits per heavy atom. The highest BCUT2D eigenvalue weighted by atomic mass is 33.1. The van der Waals surface area contributed by atoms with Gasteiger partial charge in [0.15, 0.2) is 11.7 Å². The molecule has 0 unspecified atom stereocenters. The second-order valence-electron chi connectivity index (χ2n) is 23.3. The van der Waals surface area contributed by atoms with Crippen molar-refractivity contribution in [3.63, 3.8) is 0 Å². The van der Waals surface area contributed by atoms with E-state index in [1.165, 1.54) is 44.1 Å². The molecule has 2 heterocycles. The minimum absolute atomic E-state index is 0.0192. The summed E-state index contributed by atoms with van der Waals surface area (Å²) in [6.45, 7) is 14.1. The van der Waals surface area contributed by atoms with E-state index in [0.29, 0.717) is 42.9 Å². The van der Waals surface area contributed by atoms with Gasteiger partial charge in [-0.1, -0.05) is 100.0 Å². The van der Waals surface area contributed by atoms with Gasteiger partial charge < -0.3 is 36.5 Å². The van der Waals surface area contributed by atoms with Crippen LogP contribution in [0.4, 0.5) is 0 Å². The maximum Gasteiger partial charge on any atom is 0.185 e. The van der Waals surface area contributed by atoms with Gasteiger partial charge in [0.05, 0.1) is 30.2 Å². The Balaban J connectivity index is 1.24. The lowest BCUT2D eigenvalue weighted by Gasteiger charge is -2.64. The number of imidazole rings is 1. The molecule has 1 aliphatic heterocycles. The fraction of sp³-hybridized carbons (Fsp3) is 0.824. The topological polar surface area (TPSA) is 180 Å². The van der Waals surface area contributed by atoms with Gasteiger partial charge in [0.2, 0.25) is 0 Å². The largest absolute Gasteiger partial charge is 0.393 e. The number of nitrogens with zero attached hydrogens (tertiary/aromatic N) is 3. The maximum absolute atomic E-state index is 14.8. The fourth-order valence-corrected chi connectivity index (χ4v) is 18.5. The summed E-state index contributed by atoms with van der Waals surface area (Å²) in [5.41, 5.74) is 13.6. The van der Waals surface area contributed by atoms with Crippen LogP contribution in [0.5, 0.6) is 0 Å². The predicted molar refractivity (Wildman–Crippen MR) is 257 cm³/mol. The summed E-state index contributed by atoms with van der Waals surface area (Å²) in [6.07, 6.45) is 21.3. The second-order valence-corrected chi connectivity index (χ2v) is 25.9. The first kappa shape index (κ1) is 47.7. The van der Waals surface area contributed by atoms with Gasteiger partial charge in [0, 0.05) is 53.7 Å². The van der Waals surface area contributed by atoms with Crippen LogP contribution < -0.4 is 11.5 Å². The molecule has 63 heavy (non-hydrogen) atoms. The van der Waals surface area contributed by atoms with Crippen LogP contribution >= 0.6 is 21.6 Å². The minimum atomic E-state index is -1.34. The molecule has 6 aliphatic carbocycles. The molecular weight excluding hydrogens is 827 g/mol. The number of hydrogen-bond donors (Lipinski definition) is 6. The van der Waals surface area contributed by atoms with E-state index in [1.54, 1.807) is 11.6 Å². The third-order valence-electron chi connectivity index (χ3n) is 18.8. The number of aliphatic hydroxyl groups excluding tert-OH is 3. The van der Waals surface area contributed by atoms with E-state index < -0.39 is 40.7 Å². The summed E-state index contributed by atoms with van der Waals surface area (Å²) in [7, 11) is 3.73. The van der Waals surface area contributed by atoms with Gasteiger partial charge in [-0.05, 0) is 141 Å². The molecule has 7 aliphatic rings. The molecule has 1 saturated heterocycles. The molecule has 0 aromatic carbocycles. The average molecular weight is 908 g/mol. The van der Waals surface area contributed by atoms with Gasteiger partial charge in [-0.3, -0.25) is 9.79 Å². The zero-order valence-corrected chi connectivity index (χ0v) is 40.9. The minimum Gasteiger partial charge on any atom is -0.393 e. The molecule has 12 heteroatoms. The highest BCUT2D eigenvalue weighted by Crippen LogP contribution is 2.72. The van der Waals surface area contributed by atoms with Crippen LogP contribution in [0.25, 0.3) is 0 Å². The first-order chi connectivity index (χ1) is 29.8. The third kappa shape index (κ3) is 8.68. The molecule has 6 fully saturated rings. The van der Waals surface area contributed by atoms with Gasteiger partial charge in [-0.25, -0.2) is 4.98 Å². The van der Waals surface area contributed by atoms with Crippen molar-refractivity contribution in [1.82, 2.24) is 9.55 Å². The molecule has 0 amide bonds. The molecule has 2 bridgehead atoms. The molecule has 1 aromatic heterocycles. The maximum atomic E-state index is 14.8. The standard InChI is InChI=1S/C51H81N5O5S2/c1-31(2)11-9-16-50-26-44(60)43(59)21-39(50)42(58)22-40-45(50)34(27-55-46(52)53)23-48(6)37-19-35(51(40,48)61)28-62-63-29-36(56-18-17-54-30-56)25-47(4,5)38(20-41(57)32(37)3)33-12-10-15-49(24-33)13-7-8-14-49/h17-18,22,30-32,34-37,39,41,43-45,57,59-61H,7-16,19-21,23-29H2,1-6H3,(H4,52,53,55)/b38-33+/t32-,34-,35+,36+,37+,39-,41+,43+,44-,45-,48+,50-,51+/m0/s1. The fourth-order valence-electron chi connectivity index (χ4n) is 15.8. The number of aliphatic hydroxyl groups is 4. The van der Waals surface area contributed by atoms with Crippen LogP contribution in [0.1, 0.15) is 157 Å². The molecule has 10 nitrogen and oxygen atoms in total. The number of allylic oxidation sites excluding steroid dienone is 2. The molecule has 8 rings (SSSR count). The van der Waals surface area contributed by atoms with Crippen molar-refractivity contribution < 1.29 is 25.2 Å². The summed E-state index contributed by atoms with van der Waals surface area (Å²) in [5, 5.41) is 49.8. The summed E-state index contributed by atoms with van der Waals surface area (Å²) in [6, 6.07) is 0.201. The van der Waals surface area contributed by atoms with E-state index in [1.807, 2.05) is 34.1 Å². The van der Waals surface area contributed by atoms with Crippen molar-refractivity contribution in [2.24, 2.45) is 79.5 Å². The summed E-state index contributed by atoms with van der Waals surface area (Å²) < 4.78 is 2.28. The van der Waals surface area contributed by atoms with E-state index in [9.17, 15) is 25.2 Å². The molecule has 5 saturated carbocycles. The van der Waals surface area contributed by atoms with Crippen molar-refractivity contribution in [1.29, 1.82) is 0 Å². The lowest BCUT2D eigenvalue weighted by atomic mass is 9.41. The molecule has 1 spiro atoms. The monoisotopic (exact) mass is 908 g/mol. The van der Waals surface area contributed by atoms with Crippen LogP contribution in [0.3, 0.4) is 0 Å². The summed E-state index contributed by atoms with van der Waals surface area (Å²) in [5.74, 6) is 0.864.